The Balaban J connectivity index is 2.61. The number of para-hydroxylation sites is 1. The van der Waals surface area contributed by atoms with E-state index in [1.807, 2.05) is 24.3 Å². The smallest absolute Gasteiger partial charge is 0.101 e. The van der Waals surface area contributed by atoms with Crippen LogP contribution in [0.5, 0.6) is 0 Å². The highest BCUT2D eigenvalue weighted by molar-refractivity contribution is 5.57. The molecule has 1 rings (SSSR count). The third-order valence-corrected chi connectivity index (χ3v) is 2.78. The van der Waals surface area contributed by atoms with Crippen LogP contribution in [0.3, 0.4) is 0 Å². The number of rotatable bonds is 5. The van der Waals surface area contributed by atoms with Crippen LogP contribution in [0.25, 0.3) is 0 Å². The van der Waals surface area contributed by atoms with E-state index in [1.165, 1.54) is 12.8 Å². The molecule has 0 saturated carbocycles. The van der Waals surface area contributed by atoms with Gasteiger partial charge in [0.1, 0.15) is 6.07 Å². The van der Waals surface area contributed by atoms with Crippen LogP contribution in [-0.4, -0.2) is 6.54 Å². The Bertz CT molecular complexity index is 335. The number of nitrogens with one attached hydrogen (secondary N) is 1. The predicted molar refractivity (Wildman–Crippen MR) is 63.7 cm³/mol. The number of anilines is 1. The molecule has 0 saturated heterocycles. The van der Waals surface area contributed by atoms with E-state index in [0.717, 1.165) is 17.8 Å². The third-order valence-electron chi connectivity index (χ3n) is 2.78. The van der Waals surface area contributed by atoms with Gasteiger partial charge in [-0.1, -0.05) is 38.8 Å². The maximum absolute atomic E-state index is 8.91. The molecule has 80 valence electrons. The summed E-state index contributed by atoms with van der Waals surface area (Å²) in [4.78, 5) is 0. The van der Waals surface area contributed by atoms with Crippen LogP contribution >= 0.6 is 0 Å². The summed E-state index contributed by atoms with van der Waals surface area (Å²) in [6.45, 7) is 5.35. The molecular formula is C13H18N2. The van der Waals surface area contributed by atoms with Crippen molar-refractivity contribution < 1.29 is 0 Å². The van der Waals surface area contributed by atoms with E-state index in [0.29, 0.717) is 5.92 Å². The standard InChI is InChI=1S/C13H18N2/c1-3-11(4-2)10-15-13-8-6-5-7-12(13)9-14/h5-8,11,15H,3-4,10H2,1-2H3. The normalized spacial score (nSPS) is 10.0. The van der Waals surface area contributed by atoms with Gasteiger partial charge in [0.15, 0.2) is 0 Å². The molecule has 0 spiro atoms. The monoisotopic (exact) mass is 202 g/mol. The highest BCUT2D eigenvalue weighted by atomic mass is 14.9. The van der Waals surface area contributed by atoms with E-state index in [2.05, 4.69) is 25.2 Å². The van der Waals surface area contributed by atoms with Gasteiger partial charge in [-0.15, -0.1) is 0 Å². The summed E-state index contributed by atoms with van der Waals surface area (Å²) in [7, 11) is 0. The highest BCUT2D eigenvalue weighted by Gasteiger charge is 2.04. The molecule has 0 aliphatic rings. The van der Waals surface area contributed by atoms with E-state index in [1.54, 1.807) is 0 Å². The first-order chi connectivity index (χ1) is 7.31. The Morgan fingerprint density at radius 3 is 2.53 bits per heavy atom. The molecule has 0 radical (unpaired) electrons. The quantitative estimate of drug-likeness (QED) is 0.794. The average Bonchev–Trinajstić information content (AvgIpc) is 2.31. The zero-order chi connectivity index (χ0) is 11.1. The second kappa shape index (κ2) is 6.08. The molecule has 0 heterocycles. The topological polar surface area (TPSA) is 35.8 Å². The molecule has 1 aromatic carbocycles. The minimum Gasteiger partial charge on any atom is -0.384 e. The van der Waals surface area contributed by atoms with Crippen molar-refractivity contribution in [2.75, 3.05) is 11.9 Å². The Morgan fingerprint density at radius 1 is 1.27 bits per heavy atom. The van der Waals surface area contributed by atoms with E-state index in [9.17, 15) is 0 Å². The van der Waals surface area contributed by atoms with Crippen LogP contribution in [0.1, 0.15) is 32.3 Å². The van der Waals surface area contributed by atoms with Crippen molar-refractivity contribution in [3.8, 4) is 6.07 Å². The van der Waals surface area contributed by atoms with Gasteiger partial charge in [0.25, 0.3) is 0 Å². The third kappa shape index (κ3) is 3.28. The molecule has 2 nitrogen and oxygen atoms in total. The fourth-order valence-electron chi connectivity index (χ4n) is 1.57. The summed E-state index contributed by atoms with van der Waals surface area (Å²) >= 11 is 0. The van der Waals surface area contributed by atoms with Crippen LogP contribution in [-0.2, 0) is 0 Å². The van der Waals surface area contributed by atoms with Crippen LogP contribution < -0.4 is 5.32 Å². The molecule has 1 N–H and O–H groups in total. The van der Waals surface area contributed by atoms with Crippen molar-refractivity contribution in [1.82, 2.24) is 0 Å². The van der Waals surface area contributed by atoms with Gasteiger partial charge in [-0.2, -0.15) is 5.26 Å². The van der Waals surface area contributed by atoms with E-state index >= 15 is 0 Å². The molecule has 0 aromatic heterocycles. The van der Waals surface area contributed by atoms with Crippen molar-refractivity contribution in [3.05, 3.63) is 29.8 Å². The minimum atomic E-state index is 0.691. The molecule has 0 bridgehead atoms. The number of hydrogen-bond donors (Lipinski definition) is 1. The summed E-state index contributed by atoms with van der Waals surface area (Å²) in [5.74, 6) is 0.691. The molecule has 1 aromatic rings. The second-order valence-corrected chi connectivity index (χ2v) is 3.72. The van der Waals surface area contributed by atoms with Crippen LogP contribution in [0.15, 0.2) is 24.3 Å². The van der Waals surface area contributed by atoms with Gasteiger partial charge in [-0.25, -0.2) is 0 Å². The Hall–Kier alpha value is -1.49. The minimum absolute atomic E-state index is 0.691. The number of nitrogens with zero attached hydrogens (tertiary/aromatic N) is 1. The maximum Gasteiger partial charge on any atom is 0.101 e. The second-order valence-electron chi connectivity index (χ2n) is 3.72. The van der Waals surface area contributed by atoms with Gasteiger partial charge in [0, 0.05) is 6.54 Å². The zero-order valence-electron chi connectivity index (χ0n) is 9.46. The number of benzene rings is 1. The Kier molecular flexibility index (Phi) is 4.70. The van der Waals surface area contributed by atoms with Crippen LogP contribution in [0.2, 0.25) is 0 Å². The molecule has 0 aliphatic heterocycles. The van der Waals surface area contributed by atoms with Crippen molar-refractivity contribution in [2.45, 2.75) is 26.7 Å². The first-order valence-corrected chi connectivity index (χ1v) is 5.54. The summed E-state index contributed by atoms with van der Waals surface area (Å²) in [5, 5.41) is 12.3. The summed E-state index contributed by atoms with van der Waals surface area (Å²) in [6, 6.07) is 9.84. The van der Waals surface area contributed by atoms with E-state index in [4.69, 9.17) is 5.26 Å². The molecule has 0 atom stereocenters. The maximum atomic E-state index is 8.91. The van der Waals surface area contributed by atoms with Gasteiger partial charge >= 0.3 is 0 Å². The molecule has 0 unspecified atom stereocenters. The van der Waals surface area contributed by atoms with E-state index < -0.39 is 0 Å². The average molecular weight is 202 g/mol. The van der Waals surface area contributed by atoms with Crippen LogP contribution in [0, 0.1) is 17.2 Å². The molecule has 15 heavy (non-hydrogen) atoms. The summed E-state index contributed by atoms with van der Waals surface area (Å²) < 4.78 is 0. The molecular weight excluding hydrogens is 184 g/mol. The first kappa shape index (κ1) is 11.6. The van der Waals surface area contributed by atoms with Gasteiger partial charge in [0.05, 0.1) is 11.3 Å². The zero-order valence-corrected chi connectivity index (χ0v) is 9.46. The lowest BCUT2D eigenvalue weighted by Gasteiger charge is -2.14. The van der Waals surface area contributed by atoms with Crippen molar-refractivity contribution in [3.63, 3.8) is 0 Å². The van der Waals surface area contributed by atoms with Crippen molar-refractivity contribution in [2.24, 2.45) is 5.92 Å². The number of nitriles is 1. The van der Waals surface area contributed by atoms with E-state index in [-0.39, 0.29) is 0 Å². The fourth-order valence-corrected chi connectivity index (χ4v) is 1.57. The first-order valence-electron chi connectivity index (χ1n) is 5.54. The highest BCUT2D eigenvalue weighted by Crippen LogP contribution is 2.15. The number of hydrogen-bond acceptors (Lipinski definition) is 2. The fraction of sp³-hybridized carbons (Fsp3) is 0.462. The van der Waals surface area contributed by atoms with Crippen molar-refractivity contribution >= 4 is 5.69 Å². The van der Waals surface area contributed by atoms with Gasteiger partial charge in [-0.3, -0.25) is 0 Å². The van der Waals surface area contributed by atoms with Gasteiger partial charge in [0.2, 0.25) is 0 Å². The van der Waals surface area contributed by atoms with Gasteiger partial charge in [-0.05, 0) is 18.1 Å². The molecule has 0 fully saturated rings. The Labute approximate surface area is 91.9 Å². The van der Waals surface area contributed by atoms with Crippen molar-refractivity contribution in [1.29, 1.82) is 5.26 Å². The lowest BCUT2D eigenvalue weighted by Crippen LogP contribution is -2.13. The SMILES string of the molecule is CCC(CC)CNc1ccccc1C#N. The van der Waals surface area contributed by atoms with Crippen LogP contribution in [0.4, 0.5) is 5.69 Å². The largest absolute Gasteiger partial charge is 0.384 e. The molecule has 0 aliphatic carbocycles. The predicted octanol–water partition coefficient (Wildman–Crippen LogP) is 3.41. The lowest BCUT2D eigenvalue weighted by atomic mass is 10.0. The summed E-state index contributed by atoms with van der Waals surface area (Å²) in [6.07, 6.45) is 2.36. The van der Waals surface area contributed by atoms with Gasteiger partial charge < -0.3 is 5.32 Å². The molecule has 0 amide bonds. The lowest BCUT2D eigenvalue weighted by molar-refractivity contribution is 0.519. The molecule has 2 heteroatoms. The summed E-state index contributed by atoms with van der Waals surface area (Å²) in [5.41, 5.74) is 1.68. The Morgan fingerprint density at radius 2 is 1.93 bits per heavy atom.